The van der Waals surface area contributed by atoms with Gasteiger partial charge in [0.1, 0.15) is 5.75 Å². The van der Waals surface area contributed by atoms with Gasteiger partial charge in [-0.3, -0.25) is 0 Å². The lowest BCUT2D eigenvalue weighted by atomic mass is 9.99. The van der Waals surface area contributed by atoms with E-state index in [-0.39, 0.29) is 0 Å². The molecule has 0 saturated carbocycles. The Bertz CT molecular complexity index is 852. The Balaban J connectivity index is 2.09. The van der Waals surface area contributed by atoms with Crippen LogP contribution < -0.4 is 4.74 Å². The number of aryl methyl sites for hydroxylation is 1. The number of carbonyl (C=O) groups excluding carboxylic acids is 1. The number of hydrogen-bond donors (Lipinski definition) is 0. The van der Waals surface area contributed by atoms with E-state index in [9.17, 15) is 4.79 Å². The molecule has 0 aromatic heterocycles. The third-order valence-electron chi connectivity index (χ3n) is 3.95. The number of ether oxygens (including phenoxy) is 2. The van der Waals surface area contributed by atoms with Crippen LogP contribution in [0.3, 0.4) is 0 Å². The third-order valence-corrected chi connectivity index (χ3v) is 3.95. The molecule has 3 nitrogen and oxygen atoms in total. The lowest BCUT2D eigenvalue weighted by molar-refractivity contribution is 0.0988. The molecule has 3 heteroatoms. The van der Waals surface area contributed by atoms with E-state index in [1.165, 1.54) is 0 Å². The van der Waals surface area contributed by atoms with Crippen LogP contribution in [-0.2, 0) is 4.74 Å². The molecule has 3 aromatic rings. The molecule has 0 aliphatic rings. The lowest BCUT2D eigenvalue weighted by Crippen LogP contribution is -2.12. The smallest absolute Gasteiger partial charge is 0.434 e. The van der Waals surface area contributed by atoms with Gasteiger partial charge in [0.25, 0.3) is 0 Å². The second-order valence-electron chi connectivity index (χ2n) is 5.65. The van der Waals surface area contributed by atoms with Gasteiger partial charge in [0.15, 0.2) is 0 Å². The van der Waals surface area contributed by atoms with Crippen molar-refractivity contribution in [1.82, 2.24) is 0 Å². The van der Waals surface area contributed by atoms with Crippen molar-refractivity contribution in [3.63, 3.8) is 0 Å². The number of hydrogen-bond acceptors (Lipinski definition) is 3. The summed E-state index contributed by atoms with van der Waals surface area (Å²) in [6.45, 7) is 4.46. The monoisotopic (exact) mass is 308 g/mol. The highest BCUT2D eigenvalue weighted by molar-refractivity contribution is 6.07. The molecular weight excluding hydrogens is 288 g/mol. The first-order chi connectivity index (χ1) is 11.2. The van der Waals surface area contributed by atoms with Gasteiger partial charge in [0, 0.05) is 10.8 Å². The molecular formula is C20H20O3. The summed E-state index contributed by atoms with van der Waals surface area (Å²) >= 11 is 0. The van der Waals surface area contributed by atoms with Crippen LogP contribution in [-0.4, -0.2) is 12.8 Å². The summed E-state index contributed by atoms with van der Waals surface area (Å²) in [7, 11) is 0. The van der Waals surface area contributed by atoms with E-state index in [2.05, 4.69) is 13.0 Å². The van der Waals surface area contributed by atoms with E-state index >= 15 is 0 Å². The van der Waals surface area contributed by atoms with Crippen molar-refractivity contribution in [2.24, 2.45) is 0 Å². The van der Waals surface area contributed by atoms with Gasteiger partial charge in [-0.2, -0.15) is 0 Å². The fourth-order valence-corrected chi connectivity index (χ4v) is 2.77. The highest BCUT2D eigenvalue weighted by Crippen LogP contribution is 2.36. The number of carbonyl (C=O) groups is 1. The largest absolute Gasteiger partial charge is 0.513 e. The van der Waals surface area contributed by atoms with Crippen molar-refractivity contribution < 1.29 is 14.3 Å². The van der Waals surface area contributed by atoms with Crippen LogP contribution in [0, 0.1) is 6.92 Å². The number of fused-ring (bicyclic) bond motifs is 2. The molecule has 0 spiro atoms. The van der Waals surface area contributed by atoms with Gasteiger partial charge in [0.05, 0.1) is 6.61 Å². The first kappa shape index (κ1) is 15.3. The molecule has 0 amide bonds. The molecule has 0 fully saturated rings. The molecule has 0 heterocycles. The maximum absolute atomic E-state index is 12.0. The van der Waals surface area contributed by atoms with Gasteiger partial charge in [-0.1, -0.05) is 55.8 Å². The molecule has 0 atom stereocenters. The van der Waals surface area contributed by atoms with Gasteiger partial charge < -0.3 is 9.47 Å². The second kappa shape index (κ2) is 6.69. The Hall–Kier alpha value is -2.55. The van der Waals surface area contributed by atoms with Crippen LogP contribution in [0.4, 0.5) is 4.79 Å². The second-order valence-corrected chi connectivity index (χ2v) is 5.65. The van der Waals surface area contributed by atoms with E-state index in [1.807, 2.05) is 49.4 Å². The Kier molecular flexibility index (Phi) is 4.47. The summed E-state index contributed by atoms with van der Waals surface area (Å²) in [6, 6.07) is 16.1. The molecule has 23 heavy (non-hydrogen) atoms. The van der Waals surface area contributed by atoms with Crippen LogP contribution in [0.25, 0.3) is 21.5 Å². The van der Waals surface area contributed by atoms with Gasteiger partial charge in [0.2, 0.25) is 0 Å². The SMILES string of the molecule is CCCCOC(=O)Oc1c2ccccc2cc2cccc(C)c12. The van der Waals surface area contributed by atoms with Gasteiger partial charge in [-0.05, 0) is 35.7 Å². The Labute approximate surface area is 135 Å². The highest BCUT2D eigenvalue weighted by atomic mass is 16.7. The summed E-state index contributed by atoms with van der Waals surface area (Å²) in [5.41, 5.74) is 1.07. The first-order valence-electron chi connectivity index (χ1n) is 7.96. The summed E-state index contributed by atoms with van der Waals surface area (Å²) in [5, 5.41) is 3.97. The highest BCUT2D eigenvalue weighted by Gasteiger charge is 2.15. The zero-order chi connectivity index (χ0) is 16.2. The quantitative estimate of drug-likeness (QED) is 0.272. The minimum absolute atomic E-state index is 0.386. The number of unbranched alkanes of at least 4 members (excludes halogenated alkanes) is 1. The van der Waals surface area contributed by atoms with Gasteiger partial charge in [-0.15, -0.1) is 0 Å². The Morgan fingerprint density at radius 1 is 1.04 bits per heavy atom. The molecule has 0 aliphatic carbocycles. The van der Waals surface area contributed by atoms with Crippen LogP contribution in [0.15, 0.2) is 48.5 Å². The van der Waals surface area contributed by atoms with E-state index in [0.29, 0.717) is 12.4 Å². The molecule has 3 rings (SSSR count). The minimum Gasteiger partial charge on any atom is -0.434 e. The summed E-state index contributed by atoms with van der Waals surface area (Å²) in [5.74, 6) is 0.581. The number of benzene rings is 3. The fourth-order valence-electron chi connectivity index (χ4n) is 2.77. The number of rotatable bonds is 4. The first-order valence-corrected chi connectivity index (χ1v) is 7.96. The molecule has 0 aliphatic heterocycles. The van der Waals surface area contributed by atoms with E-state index in [4.69, 9.17) is 9.47 Å². The predicted molar refractivity (Wildman–Crippen MR) is 93.1 cm³/mol. The lowest BCUT2D eigenvalue weighted by Gasteiger charge is -2.13. The molecule has 0 N–H and O–H groups in total. The van der Waals surface area contributed by atoms with Crippen molar-refractivity contribution in [1.29, 1.82) is 0 Å². The maximum atomic E-state index is 12.0. The maximum Gasteiger partial charge on any atom is 0.513 e. The normalized spacial score (nSPS) is 10.9. The van der Waals surface area contributed by atoms with Crippen molar-refractivity contribution in [2.45, 2.75) is 26.7 Å². The summed E-state index contributed by atoms with van der Waals surface area (Å²) < 4.78 is 10.8. The molecule has 0 unspecified atom stereocenters. The zero-order valence-corrected chi connectivity index (χ0v) is 13.5. The average Bonchev–Trinajstić information content (AvgIpc) is 2.55. The van der Waals surface area contributed by atoms with E-state index < -0.39 is 6.16 Å². The molecule has 0 saturated heterocycles. The molecule has 3 aromatic carbocycles. The summed E-state index contributed by atoms with van der Waals surface area (Å²) in [4.78, 5) is 12.0. The van der Waals surface area contributed by atoms with Gasteiger partial charge >= 0.3 is 6.16 Å². The Morgan fingerprint density at radius 2 is 1.83 bits per heavy atom. The predicted octanol–water partition coefficient (Wildman–Crippen LogP) is 5.62. The third kappa shape index (κ3) is 3.14. The topological polar surface area (TPSA) is 35.5 Å². The zero-order valence-electron chi connectivity index (χ0n) is 13.5. The molecule has 118 valence electrons. The van der Waals surface area contributed by atoms with Crippen LogP contribution >= 0.6 is 0 Å². The van der Waals surface area contributed by atoms with Crippen LogP contribution in [0.2, 0.25) is 0 Å². The molecule has 0 bridgehead atoms. The van der Waals surface area contributed by atoms with Gasteiger partial charge in [-0.25, -0.2) is 4.79 Å². The fraction of sp³-hybridized carbons (Fsp3) is 0.250. The summed E-state index contributed by atoms with van der Waals surface area (Å²) in [6.07, 6.45) is 1.17. The van der Waals surface area contributed by atoms with E-state index in [0.717, 1.165) is 39.9 Å². The van der Waals surface area contributed by atoms with Crippen molar-refractivity contribution >= 4 is 27.7 Å². The van der Waals surface area contributed by atoms with Crippen molar-refractivity contribution in [2.75, 3.05) is 6.61 Å². The standard InChI is InChI=1S/C20H20O3/c1-3-4-12-22-20(21)23-19-17-11-6-5-9-15(17)13-16-10-7-8-14(2)18(16)19/h5-11,13H,3-4,12H2,1-2H3. The van der Waals surface area contributed by atoms with Crippen molar-refractivity contribution in [3.8, 4) is 5.75 Å². The Morgan fingerprint density at radius 3 is 2.65 bits per heavy atom. The van der Waals surface area contributed by atoms with Crippen LogP contribution in [0.5, 0.6) is 5.75 Å². The van der Waals surface area contributed by atoms with Crippen LogP contribution in [0.1, 0.15) is 25.3 Å². The molecule has 0 radical (unpaired) electrons. The van der Waals surface area contributed by atoms with Crippen molar-refractivity contribution in [3.05, 3.63) is 54.1 Å². The minimum atomic E-state index is -0.639. The van der Waals surface area contributed by atoms with E-state index in [1.54, 1.807) is 0 Å². The average molecular weight is 308 g/mol.